The summed E-state index contributed by atoms with van der Waals surface area (Å²) in [6.45, 7) is 3.33. The van der Waals surface area contributed by atoms with Crippen molar-refractivity contribution in [2.24, 2.45) is 0 Å². The second-order valence-corrected chi connectivity index (χ2v) is 8.53. The largest absolute Gasteiger partial charge is 0.497 e. The zero-order valence-corrected chi connectivity index (χ0v) is 19.4. The molecule has 0 saturated carbocycles. The fourth-order valence-corrected chi connectivity index (χ4v) is 4.88. The van der Waals surface area contributed by atoms with E-state index in [-0.39, 0.29) is 11.5 Å². The Kier molecular flexibility index (Phi) is 6.15. The number of morpholine rings is 1. The van der Waals surface area contributed by atoms with Crippen LogP contribution in [-0.2, 0) is 9.47 Å². The maximum atomic E-state index is 13.2. The second kappa shape index (κ2) is 9.38. The topological polar surface area (TPSA) is 81.4 Å². The normalized spacial score (nSPS) is 18.4. The molecule has 0 aliphatic carbocycles. The van der Waals surface area contributed by atoms with E-state index in [0.29, 0.717) is 48.7 Å². The molecule has 0 N–H and O–H groups in total. The lowest BCUT2D eigenvalue weighted by molar-refractivity contribution is 0.0600. The van der Waals surface area contributed by atoms with Gasteiger partial charge in [0.25, 0.3) is 0 Å². The van der Waals surface area contributed by atoms with E-state index >= 15 is 0 Å². The number of fused-ring (bicyclic) bond motifs is 1. The van der Waals surface area contributed by atoms with Crippen molar-refractivity contribution >= 4 is 28.5 Å². The van der Waals surface area contributed by atoms with Gasteiger partial charge in [-0.1, -0.05) is 6.07 Å². The molecule has 3 aromatic rings. The second-order valence-electron chi connectivity index (χ2n) is 8.53. The van der Waals surface area contributed by atoms with Crippen molar-refractivity contribution in [1.82, 2.24) is 0 Å². The van der Waals surface area contributed by atoms with Crippen molar-refractivity contribution < 1.29 is 23.4 Å². The van der Waals surface area contributed by atoms with Gasteiger partial charge in [-0.3, -0.25) is 4.79 Å². The predicted octanol–water partition coefficient (Wildman–Crippen LogP) is 3.77. The van der Waals surface area contributed by atoms with E-state index in [1.165, 1.54) is 13.2 Å². The molecule has 1 unspecified atom stereocenters. The highest BCUT2D eigenvalue weighted by atomic mass is 16.5. The molecule has 178 valence electrons. The quantitative estimate of drug-likeness (QED) is 0.528. The van der Waals surface area contributed by atoms with Crippen molar-refractivity contribution in [2.75, 3.05) is 56.9 Å². The molecular weight excluding hydrogens is 436 g/mol. The van der Waals surface area contributed by atoms with Crippen LogP contribution in [-0.4, -0.2) is 53.0 Å². The van der Waals surface area contributed by atoms with E-state index in [2.05, 4.69) is 4.90 Å². The number of ether oxygens (including phenoxy) is 3. The fourth-order valence-electron chi connectivity index (χ4n) is 4.88. The summed E-state index contributed by atoms with van der Waals surface area (Å²) in [5, 5.41) is 0.382. The molecule has 2 aliphatic rings. The maximum Gasteiger partial charge on any atom is 0.337 e. The van der Waals surface area contributed by atoms with Crippen LogP contribution in [0.1, 0.15) is 34.8 Å². The Hall–Kier alpha value is -3.52. The molecule has 1 atom stereocenters. The first kappa shape index (κ1) is 22.3. The van der Waals surface area contributed by atoms with Crippen LogP contribution in [0.3, 0.4) is 0 Å². The highest BCUT2D eigenvalue weighted by molar-refractivity contribution is 5.95. The average molecular weight is 465 g/mol. The molecule has 0 spiro atoms. The number of hydrogen-bond acceptors (Lipinski definition) is 8. The molecule has 2 fully saturated rings. The Bertz CT molecular complexity index is 1260. The molecule has 0 amide bonds. The molecule has 0 bridgehead atoms. The van der Waals surface area contributed by atoms with Gasteiger partial charge in [0.05, 0.1) is 44.4 Å². The van der Waals surface area contributed by atoms with Crippen LogP contribution >= 0.6 is 0 Å². The molecule has 2 saturated heterocycles. The van der Waals surface area contributed by atoms with Gasteiger partial charge in [-0.2, -0.15) is 0 Å². The van der Waals surface area contributed by atoms with Crippen LogP contribution in [0.15, 0.2) is 51.7 Å². The summed E-state index contributed by atoms with van der Waals surface area (Å²) in [5.74, 6) is 0.821. The Labute approximate surface area is 197 Å². The van der Waals surface area contributed by atoms with E-state index in [0.717, 1.165) is 36.4 Å². The van der Waals surface area contributed by atoms with Crippen LogP contribution in [0.5, 0.6) is 5.75 Å². The summed E-state index contributed by atoms with van der Waals surface area (Å²) in [5.41, 5.74) is 2.51. The number of nitrogens with zero attached hydrogens (tertiary/aromatic N) is 2. The number of carbonyl (C=O) groups excluding carboxylic acids is 1. The number of benzene rings is 2. The third-order valence-electron chi connectivity index (χ3n) is 6.58. The highest BCUT2D eigenvalue weighted by Gasteiger charge is 2.31. The van der Waals surface area contributed by atoms with Gasteiger partial charge in [0.2, 0.25) is 0 Å². The minimum Gasteiger partial charge on any atom is -0.497 e. The molecule has 8 nitrogen and oxygen atoms in total. The number of hydrogen-bond donors (Lipinski definition) is 0. The molecule has 34 heavy (non-hydrogen) atoms. The summed E-state index contributed by atoms with van der Waals surface area (Å²) in [4.78, 5) is 30.0. The number of anilines is 2. The van der Waals surface area contributed by atoms with E-state index in [1.807, 2.05) is 35.2 Å². The minimum atomic E-state index is -0.481. The van der Waals surface area contributed by atoms with E-state index in [9.17, 15) is 9.59 Å². The zero-order chi connectivity index (χ0) is 23.7. The molecule has 2 aromatic carbocycles. The van der Waals surface area contributed by atoms with Crippen molar-refractivity contribution in [2.45, 2.75) is 18.9 Å². The zero-order valence-electron chi connectivity index (χ0n) is 19.4. The van der Waals surface area contributed by atoms with Gasteiger partial charge in [0.15, 0.2) is 11.3 Å². The predicted molar refractivity (Wildman–Crippen MR) is 129 cm³/mol. The van der Waals surface area contributed by atoms with Gasteiger partial charge in [-0.25, -0.2) is 4.79 Å². The number of methoxy groups -OCH3 is 2. The molecule has 3 heterocycles. The summed E-state index contributed by atoms with van der Waals surface area (Å²) < 4.78 is 22.2. The van der Waals surface area contributed by atoms with Crippen LogP contribution in [0.2, 0.25) is 0 Å². The lowest BCUT2D eigenvalue weighted by Crippen LogP contribution is -2.36. The van der Waals surface area contributed by atoms with Crippen molar-refractivity contribution in [1.29, 1.82) is 0 Å². The molecule has 1 aromatic heterocycles. The maximum absolute atomic E-state index is 13.2. The van der Waals surface area contributed by atoms with E-state index in [1.54, 1.807) is 13.2 Å². The van der Waals surface area contributed by atoms with Crippen molar-refractivity contribution in [3.63, 3.8) is 0 Å². The van der Waals surface area contributed by atoms with E-state index < -0.39 is 5.97 Å². The first-order valence-corrected chi connectivity index (χ1v) is 11.5. The summed E-state index contributed by atoms with van der Waals surface area (Å²) in [6.07, 6.45) is 1.83. The van der Waals surface area contributed by atoms with Gasteiger partial charge in [0, 0.05) is 43.0 Å². The fraction of sp³-hybridized carbons (Fsp3) is 0.385. The Morgan fingerprint density at radius 3 is 2.65 bits per heavy atom. The smallest absolute Gasteiger partial charge is 0.337 e. The molecule has 0 radical (unpaired) electrons. The third-order valence-corrected chi connectivity index (χ3v) is 6.58. The van der Waals surface area contributed by atoms with Crippen LogP contribution in [0, 0.1) is 0 Å². The minimum absolute atomic E-state index is 0.0673. The lowest BCUT2D eigenvalue weighted by Gasteiger charge is -2.29. The number of rotatable bonds is 5. The van der Waals surface area contributed by atoms with Crippen LogP contribution in [0.4, 0.5) is 11.6 Å². The van der Waals surface area contributed by atoms with E-state index in [4.69, 9.17) is 18.6 Å². The number of carbonyl (C=O) groups is 1. The van der Waals surface area contributed by atoms with Crippen LogP contribution < -0.4 is 20.0 Å². The summed E-state index contributed by atoms with van der Waals surface area (Å²) in [6, 6.07) is 12.7. The Balaban J connectivity index is 1.67. The third kappa shape index (κ3) is 4.09. The van der Waals surface area contributed by atoms with Crippen molar-refractivity contribution in [3.05, 3.63) is 63.8 Å². The van der Waals surface area contributed by atoms with Gasteiger partial charge < -0.3 is 28.4 Å². The van der Waals surface area contributed by atoms with Gasteiger partial charge in [0.1, 0.15) is 11.3 Å². The molecule has 2 aliphatic heterocycles. The van der Waals surface area contributed by atoms with Gasteiger partial charge in [-0.15, -0.1) is 0 Å². The average Bonchev–Trinajstić information content (AvgIpc) is 3.38. The Morgan fingerprint density at radius 2 is 1.88 bits per heavy atom. The standard InChI is InChI=1S/C26H28N2O6/c1-31-19-6-3-5-18(15-19)28-8-4-7-22(28)20-13-17(26(30)32-2)14-21-23(29)16-24(34-25(20)21)27-9-11-33-12-10-27/h3,5-6,13-16,22H,4,7-12H2,1-2H3. The number of esters is 1. The lowest BCUT2D eigenvalue weighted by atomic mass is 9.98. The molecule has 8 heteroatoms. The summed E-state index contributed by atoms with van der Waals surface area (Å²) >= 11 is 0. The van der Waals surface area contributed by atoms with Gasteiger partial charge in [-0.05, 0) is 37.1 Å². The highest BCUT2D eigenvalue weighted by Crippen LogP contribution is 2.40. The van der Waals surface area contributed by atoms with Crippen molar-refractivity contribution in [3.8, 4) is 5.75 Å². The molecule has 5 rings (SSSR count). The van der Waals surface area contributed by atoms with Crippen LogP contribution in [0.25, 0.3) is 11.0 Å². The Morgan fingerprint density at radius 1 is 1.06 bits per heavy atom. The monoisotopic (exact) mass is 464 g/mol. The molecular formula is C26H28N2O6. The first-order valence-electron chi connectivity index (χ1n) is 11.5. The van der Waals surface area contributed by atoms with Gasteiger partial charge >= 0.3 is 5.97 Å². The summed E-state index contributed by atoms with van der Waals surface area (Å²) in [7, 11) is 2.99. The SMILES string of the molecule is COC(=O)c1cc(C2CCCN2c2cccc(OC)c2)c2oc(N3CCOCC3)cc(=O)c2c1. The first-order chi connectivity index (χ1) is 16.6.